The minimum absolute atomic E-state index is 0.0198. The number of halogens is 1. The second-order valence-corrected chi connectivity index (χ2v) is 8.10. The van der Waals surface area contributed by atoms with E-state index in [2.05, 4.69) is 15.5 Å². The predicted molar refractivity (Wildman–Crippen MR) is 122 cm³/mol. The number of hydrogen-bond donors (Lipinski definition) is 2. The highest BCUT2D eigenvalue weighted by atomic mass is 19.1. The molecular formula is C24H27FN4O4. The van der Waals surface area contributed by atoms with Crippen molar-refractivity contribution in [1.82, 2.24) is 10.2 Å². The molecule has 2 aliphatic rings. The van der Waals surface area contributed by atoms with Crippen LogP contribution in [-0.2, 0) is 14.3 Å². The van der Waals surface area contributed by atoms with Gasteiger partial charge in [-0.25, -0.2) is 4.39 Å². The molecule has 0 radical (unpaired) electrons. The van der Waals surface area contributed by atoms with Gasteiger partial charge in [-0.1, -0.05) is 24.3 Å². The molecule has 2 aromatic carbocycles. The highest BCUT2D eigenvalue weighted by Crippen LogP contribution is 2.28. The van der Waals surface area contributed by atoms with Crippen LogP contribution in [0.2, 0.25) is 0 Å². The van der Waals surface area contributed by atoms with E-state index in [0.29, 0.717) is 31.0 Å². The fourth-order valence-electron chi connectivity index (χ4n) is 4.06. The summed E-state index contributed by atoms with van der Waals surface area (Å²) in [5.74, 6) is -2.12. The van der Waals surface area contributed by atoms with Crippen molar-refractivity contribution >= 4 is 29.1 Å². The predicted octanol–water partition coefficient (Wildman–Crippen LogP) is 1.88. The Morgan fingerprint density at radius 3 is 2.58 bits per heavy atom. The molecule has 2 N–H and O–H groups in total. The summed E-state index contributed by atoms with van der Waals surface area (Å²) in [7, 11) is 0. The number of carbonyl (C=O) groups is 3. The standard InChI is InChI=1S/C24H27FN4O4/c25-19-6-2-4-8-21(19)29-16-17(15-22(29)30)23(31)27-20-7-3-1-5-18(20)24(32)26-9-10-28-11-13-33-14-12-28/h1-8,17H,9-16H2,(H,26,32)(H,27,31)/t17-/m1/s1. The van der Waals surface area contributed by atoms with Crippen molar-refractivity contribution in [2.75, 3.05) is 56.2 Å². The summed E-state index contributed by atoms with van der Waals surface area (Å²) >= 11 is 0. The minimum Gasteiger partial charge on any atom is -0.379 e. The molecule has 3 amide bonds. The van der Waals surface area contributed by atoms with E-state index in [1.807, 2.05) is 0 Å². The zero-order valence-corrected chi connectivity index (χ0v) is 18.3. The Bertz CT molecular complexity index is 1030. The van der Waals surface area contributed by atoms with Crippen molar-refractivity contribution in [3.63, 3.8) is 0 Å². The van der Waals surface area contributed by atoms with E-state index in [4.69, 9.17) is 4.74 Å². The number of anilines is 2. The summed E-state index contributed by atoms with van der Waals surface area (Å²) in [6, 6.07) is 12.7. The number of carbonyl (C=O) groups excluding carboxylic acids is 3. The van der Waals surface area contributed by atoms with Crippen LogP contribution in [0.15, 0.2) is 48.5 Å². The summed E-state index contributed by atoms with van der Waals surface area (Å²) < 4.78 is 19.4. The third kappa shape index (κ3) is 5.55. The van der Waals surface area contributed by atoms with E-state index >= 15 is 0 Å². The van der Waals surface area contributed by atoms with Crippen LogP contribution in [0.5, 0.6) is 0 Å². The Hall–Kier alpha value is -3.30. The molecule has 4 rings (SSSR count). The van der Waals surface area contributed by atoms with Crippen molar-refractivity contribution in [1.29, 1.82) is 0 Å². The van der Waals surface area contributed by atoms with Crippen molar-refractivity contribution in [2.45, 2.75) is 6.42 Å². The first-order chi connectivity index (χ1) is 16.0. The number of ether oxygens (including phenoxy) is 1. The Labute approximate surface area is 191 Å². The van der Waals surface area contributed by atoms with Gasteiger partial charge in [-0.3, -0.25) is 19.3 Å². The number of morpholine rings is 1. The van der Waals surface area contributed by atoms with Crippen LogP contribution in [0.3, 0.4) is 0 Å². The molecule has 0 aromatic heterocycles. The first-order valence-electron chi connectivity index (χ1n) is 11.1. The smallest absolute Gasteiger partial charge is 0.253 e. The van der Waals surface area contributed by atoms with Gasteiger partial charge in [-0.2, -0.15) is 0 Å². The zero-order valence-electron chi connectivity index (χ0n) is 18.3. The summed E-state index contributed by atoms with van der Waals surface area (Å²) in [5.41, 5.74) is 0.893. The van der Waals surface area contributed by atoms with E-state index in [-0.39, 0.29) is 36.4 Å². The van der Waals surface area contributed by atoms with Crippen LogP contribution in [0.25, 0.3) is 0 Å². The highest BCUT2D eigenvalue weighted by Gasteiger charge is 2.36. The fraction of sp³-hybridized carbons (Fsp3) is 0.375. The third-order valence-corrected chi connectivity index (χ3v) is 5.89. The largest absolute Gasteiger partial charge is 0.379 e. The SMILES string of the molecule is O=C(NCCN1CCOCC1)c1ccccc1NC(=O)[C@@H]1CC(=O)N(c2ccccc2F)C1. The monoisotopic (exact) mass is 454 g/mol. The normalized spacial score (nSPS) is 18.9. The minimum atomic E-state index is -0.644. The molecule has 2 fully saturated rings. The number of benzene rings is 2. The van der Waals surface area contributed by atoms with E-state index in [0.717, 1.165) is 19.6 Å². The van der Waals surface area contributed by atoms with Crippen LogP contribution in [-0.4, -0.2) is 68.6 Å². The van der Waals surface area contributed by atoms with Gasteiger partial charge in [0.15, 0.2) is 0 Å². The van der Waals surface area contributed by atoms with E-state index in [1.165, 1.54) is 17.0 Å². The maximum absolute atomic E-state index is 14.1. The Kier molecular flexibility index (Phi) is 7.31. The molecule has 0 bridgehead atoms. The molecule has 0 saturated carbocycles. The molecule has 9 heteroatoms. The Morgan fingerprint density at radius 1 is 1.06 bits per heavy atom. The van der Waals surface area contributed by atoms with Gasteiger partial charge in [-0.05, 0) is 24.3 Å². The maximum atomic E-state index is 14.1. The molecule has 2 saturated heterocycles. The highest BCUT2D eigenvalue weighted by molar-refractivity contribution is 6.07. The van der Waals surface area contributed by atoms with Gasteiger partial charge >= 0.3 is 0 Å². The maximum Gasteiger partial charge on any atom is 0.253 e. The average molecular weight is 455 g/mol. The van der Waals surface area contributed by atoms with Crippen molar-refractivity contribution in [2.24, 2.45) is 5.92 Å². The molecule has 1 atom stereocenters. The summed E-state index contributed by atoms with van der Waals surface area (Å²) in [6.45, 7) is 4.36. The van der Waals surface area contributed by atoms with Gasteiger partial charge in [0.2, 0.25) is 11.8 Å². The van der Waals surface area contributed by atoms with Gasteiger partial charge in [0.25, 0.3) is 5.91 Å². The quantitative estimate of drug-likeness (QED) is 0.667. The fourth-order valence-corrected chi connectivity index (χ4v) is 4.06. The van der Waals surface area contributed by atoms with Crippen LogP contribution in [0.1, 0.15) is 16.8 Å². The molecular weight excluding hydrogens is 427 g/mol. The second-order valence-electron chi connectivity index (χ2n) is 8.10. The van der Waals surface area contributed by atoms with Crippen LogP contribution in [0.4, 0.5) is 15.8 Å². The lowest BCUT2D eigenvalue weighted by molar-refractivity contribution is -0.122. The van der Waals surface area contributed by atoms with E-state index in [9.17, 15) is 18.8 Å². The van der Waals surface area contributed by atoms with Gasteiger partial charge < -0.3 is 20.3 Å². The summed E-state index contributed by atoms with van der Waals surface area (Å²) in [4.78, 5) is 41.5. The first kappa shape index (κ1) is 22.9. The Morgan fingerprint density at radius 2 is 1.79 bits per heavy atom. The molecule has 2 heterocycles. The third-order valence-electron chi connectivity index (χ3n) is 5.89. The molecule has 0 aliphatic carbocycles. The number of para-hydroxylation sites is 2. The van der Waals surface area contributed by atoms with Gasteiger partial charge in [0.05, 0.1) is 36.1 Å². The van der Waals surface area contributed by atoms with Gasteiger partial charge in [0.1, 0.15) is 5.82 Å². The second kappa shape index (κ2) is 10.5. The lowest BCUT2D eigenvalue weighted by atomic mass is 10.1. The number of amides is 3. The number of nitrogens with zero attached hydrogens (tertiary/aromatic N) is 2. The summed E-state index contributed by atoms with van der Waals surface area (Å²) in [6.07, 6.45) is -0.0198. The zero-order chi connectivity index (χ0) is 23.2. The van der Waals surface area contributed by atoms with E-state index < -0.39 is 11.7 Å². The number of nitrogens with one attached hydrogen (secondary N) is 2. The lowest BCUT2D eigenvalue weighted by Crippen LogP contribution is -2.41. The number of rotatable bonds is 7. The van der Waals surface area contributed by atoms with Gasteiger partial charge in [0, 0.05) is 39.1 Å². The molecule has 0 spiro atoms. The van der Waals surface area contributed by atoms with Crippen molar-refractivity contribution < 1.29 is 23.5 Å². The van der Waals surface area contributed by atoms with Crippen LogP contribution < -0.4 is 15.5 Å². The van der Waals surface area contributed by atoms with Crippen LogP contribution >= 0.6 is 0 Å². The molecule has 8 nitrogen and oxygen atoms in total. The van der Waals surface area contributed by atoms with E-state index in [1.54, 1.807) is 36.4 Å². The molecule has 2 aliphatic heterocycles. The molecule has 0 unspecified atom stereocenters. The first-order valence-corrected chi connectivity index (χ1v) is 11.1. The molecule has 2 aromatic rings. The Balaban J connectivity index is 1.36. The summed E-state index contributed by atoms with van der Waals surface area (Å²) in [5, 5.41) is 5.68. The number of hydrogen-bond acceptors (Lipinski definition) is 5. The van der Waals surface area contributed by atoms with Gasteiger partial charge in [-0.15, -0.1) is 0 Å². The lowest BCUT2D eigenvalue weighted by Gasteiger charge is -2.26. The van der Waals surface area contributed by atoms with Crippen LogP contribution in [0, 0.1) is 11.7 Å². The molecule has 174 valence electrons. The topological polar surface area (TPSA) is 91.0 Å². The van der Waals surface area contributed by atoms with Crippen molar-refractivity contribution in [3.05, 3.63) is 59.9 Å². The molecule has 33 heavy (non-hydrogen) atoms. The average Bonchev–Trinajstić information content (AvgIpc) is 3.22. The van der Waals surface area contributed by atoms with Crippen molar-refractivity contribution in [3.8, 4) is 0 Å².